The maximum absolute atomic E-state index is 5.95. The second kappa shape index (κ2) is 5.35. The van der Waals surface area contributed by atoms with Gasteiger partial charge in [0.2, 0.25) is 0 Å². The maximum atomic E-state index is 5.95. The highest BCUT2D eigenvalue weighted by atomic mass is 15.2. The second-order valence-corrected chi connectivity index (χ2v) is 6.75. The number of hydrogen-bond donors (Lipinski definition) is 1. The number of hydrogen-bond acceptors (Lipinski definition) is 4. The van der Waals surface area contributed by atoms with Gasteiger partial charge in [-0.3, -0.25) is 0 Å². The standard InChI is InChI=1S/C15H26N4/c1-11-6-5-8-19(9-7-11)13-10-12(16)17-14(18-13)15(2,3)4/h10-11H,5-9H2,1-4H3,(H2,16,17,18). The Morgan fingerprint density at radius 1 is 1.21 bits per heavy atom. The van der Waals surface area contributed by atoms with Crippen LogP contribution in [0.3, 0.4) is 0 Å². The molecule has 1 unspecified atom stereocenters. The van der Waals surface area contributed by atoms with Crippen LogP contribution in [-0.4, -0.2) is 23.1 Å². The number of nitrogen functional groups attached to an aromatic ring is 1. The molecule has 106 valence electrons. The highest BCUT2D eigenvalue weighted by Crippen LogP contribution is 2.25. The fourth-order valence-corrected chi connectivity index (χ4v) is 2.44. The molecule has 19 heavy (non-hydrogen) atoms. The van der Waals surface area contributed by atoms with Crippen molar-refractivity contribution in [2.24, 2.45) is 5.92 Å². The molecule has 4 nitrogen and oxygen atoms in total. The molecule has 4 heteroatoms. The largest absolute Gasteiger partial charge is 0.384 e. The van der Waals surface area contributed by atoms with Crippen molar-refractivity contribution < 1.29 is 0 Å². The van der Waals surface area contributed by atoms with E-state index in [1.165, 1.54) is 19.3 Å². The molecule has 1 saturated heterocycles. The van der Waals surface area contributed by atoms with Crippen LogP contribution in [0.15, 0.2) is 6.07 Å². The quantitative estimate of drug-likeness (QED) is 0.845. The molecule has 0 amide bonds. The first-order valence-electron chi connectivity index (χ1n) is 7.26. The minimum Gasteiger partial charge on any atom is -0.384 e. The summed E-state index contributed by atoms with van der Waals surface area (Å²) in [5, 5.41) is 0. The Kier molecular flexibility index (Phi) is 3.97. The van der Waals surface area contributed by atoms with E-state index < -0.39 is 0 Å². The van der Waals surface area contributed by atoms with Crippen molar-refractivity contribution in [3.63, 3.8) is 0 Å². The molecule has 0 radical (unpaired) electrons. The molecule has 0 bridgehead atoms. The third-order valence-corrected chi connectivity index (χ3v) is 3.74. The van der Waals surface area contributed by atoms with Crippen LogP contribution in [0.1, 0.15) is 52.8 Å². The third kappa shape index (κ3) is 3.58. The fraction of sp³-hybridized carbons (Fsp3) is 0.733. The van der Waals surface area contributed by atoms with Gasteiger partial charge < -0.3 is 10.6 Å². The number of rotatable bonds is 1. The van der Waals surface area contributed by atoms with E-state index in [1.807, 2.05) is 6.07 Å². The van der Waals surface area contributed by atoms with E-state index in [0.717, 1.165) is 30.6 Å². The molecule has 1 aliphatic heterocycles. The van der Waals surface area contributed by atoms with Gasteiger partial charge in [-0.25, -0.2) is 9.97 Å². The van der Waals surface area contributed by atoms with Crippen molar-refractivity contribution in [1.82, 2.24) is 9.97 Å². The van der Waals surface area contributed by atoms with Crippen molar-refractivity contribution >= 4 is 11.6 Å². The van der Waals surface area contributed by atoms with E-state index in [4.69, 9.17) is 10.7 Å². The van der Waals surface area contributed by atoms with Crippen molar-refractivity contribution in [2.75, 3.05) is 23.7 Å². The van der Waals surface area contributed by atoms with Crippen molar-refractivity contribution in [2.45, 2.75) is 52.4 Å². The van der Waals surface area contributed by atoms with E-state index in [2.05, 4.69) is 37.6 Å². The minimum absolute atomic E-state index is 0.0662. The first-order valence-corrected chi connectivity index (χ1v) is 7.26. The molecule has 0 saturated carbocycles. The zero-order valence-corrected chi connectivity index (χ0v) is 12.6. The third-order valence-electron chi connectivity index (χ3n) is 3.74. The maximum Gasteiger partial charge on any atom is 0.138 e. The van der Waals surface area contributed by atoms with Gasteiger partial charge in [-0.15, -0.1) is 0 Å². The van der Waals surface area contributed by atoms with Crippen LogP contribution in [0.25, 0.3) is 0 Å². The lowest BCUT2D eigenvalue weighted by molar-refractivity contribution is 0.520. The van der Waals surface area contributed by atoms with Gasteiger partial charge in [0.05, 0.1) is 0 Å². The van der Waals surface area contributed by atoms with Crippen LogP contribution < -0.4 is 10.6 Å². The highest BCUT2D eigenvalue weighted by Gasteiger charge is 2.21. The Morgan fingerprint density at radius 2 is 1.95 bits per heavy atom. The van der Waals surface area contributed by atoms with E-state index in [0.29, 0.717) is 5.82 Å². The van der Waals surface area contributed by atoms with Crippen molar-refractivity contribution in [3.8, 4) is 0 Å². The lowest BCUT2D eigenvalue weighted by Gasteiger charge is -2.24. The van der Waals surface area contributed by atoms with Crippen LogP contribution >= 0.6 is 0 Å². The van der Waals surface area contributed by atoms with Crippen LogP contribution in [0, 0.1) is 5.92 Å². The van der Waals surface area contributed by atoms with E-state index in [9.17, 15) is 0 Å². The Morgan fingerprint density at radius 3 is 2.63 bits per heavy atom. The Labute approximate surface area is 116 Å². The SMILES string of the molecule is CC1CCCN(c2cc(N)nc(C(C)(C)C)n2)CC1. The van der Waals surface area contributed by atoms with Crippen LogP contribution in [-0.2, 0) is 5.41 Å². The van der Waals surface area contributed by atoms with Gasteiger partial charge in [0, 0.05) is 24.6 Å². The summed E-state index contributed by atoms with van der Waals surface area (Å²) in [6.45, 7) is 10.8. The van der Waals surface area contributed by atoms with Gasteiger partial charge in [-0.2, -0.15) is 0 Å². The summed E-state index contributed by atoms with van der Waals surface area (Å²) in [6.07, 6.45) is 3.77. The molecular formula is C15H26N4. The zero-order chi connectivity index (χ0) is 14.0. The van der Waals surface area contributed by atoms with Crippen molar-refractivity contribution in [1.29, 1.82) is 0 Å². The molecule has 2 rings (SSSR count). The van der Waals surface area contributed by atoms with Crippen LogP contribution in [0.5, 0.6) is 0 Å². The molecular weight excluding hydrogens is 236 g/mol. The topological polar surface area (TPSA) is 55.0 Å². The average molecular weight is 262 g/mol. The first-order chi connectivity index (χ1) is 8.86. The normalized spacial score (nSPS) is 21.3. The second-order valence-electron chi connectivity index (χ2n) is 6.75. The Hall–Kier alpha value is -1.32. The smallest absolute Gasteiger partial charge is 0.138 e. The first kappa shape index (κ1) is 14.1. The lowest BCUT2D eigenvalue weighted by Crippen LogP contribution is -2.27. The molecule has 2 heterocycles. The van der Waals surface area contributed by atoms with Gasteiger partial charge in [0.15, 0.2) is 0 Å². The predicted molar refractivity (Wildman–Crippen MR) is 80.4 cm³/mol. The summed E-state index contributed by atoms with van der Waals surface area (Å²) < 4.78 is 0. The van der Waals surface area contributed by atoms with Gasteiger partial charge in [0.1, 0.15) is 17.5 Å². The molecule has 1 fully saturated rings. The number of nitrogens with two attached hydrogens (primary N) is 1. The molecule has 1 aromatic heterocycles. The molecule has 0 aromatic carbocycles. The summed E-state index contributed by atoms with van der Waals surface area (Å²) in [7, 11) is 0. The van der Waals surface area contributed by atoms with Gasteiger partial charge in [-0.1, -0.05) is 27.7 Å². The Balaban J connectivity index is 2.26. The Bertz CT molecular complexity index is 436. The zero-order valence-electron chi connectivity index (χ0n) is 12.6. The predicted octanol–water partition coefficient (Wildman–Crippen LogP) is 2.98. The summed E-state index contributed by atoms with van der Waals surface area (Å²) in [4.78, 5) is 11.5. The van der Waals surface area contributed by atoms with Gasteiger partial charge >= 0.3 is 0 Å². The van der Waals surface area contributed by atoms with Gasteiger partial charge in [-0.05, 0) is 25.2 Å². The van der Waals surface area contributed by atoms with Gasteiger partial charge in [0.25, 0.3) is 0 Å². The average Bonchev–Trinajstić information content (AvgIpc) is 2.52. The van der Waals surface area contributed by atoms with E-state index in [-0.39, 0.29) is 5.41 Å². The molecule has 0 aliphatic carbocycles. The molecule has 1 atom stereocenters. The van der Waals surface area contributed by atoms with E-state index >= 15 is 0 Å². The number of anilines is 2. The summed E-state index contributed by atoms with van der Waals surface area (Å²) in [5.74, 6) is 3.21. The summed E-state index contributed by atoms with van der Waals surface area (Å²) >= 11 is 0. The van der Waals surface area contributed by atoms with Crippen LogP contribution in [0.2, 0.25) is 0 Å². The number of aromatic nitrogens is 2. The molecule has 0 spiro atoms. The summed E-state index contributed by atoms with van der Waals surface area (Å²) in [6, 6.07) is 1.91. The number of nitrogens with zero attached hydrogens (tertiary/aromatic N) is 3. The molecule has 1 aromatic rings. The molecule has 1 aliphatic rings. The highest BCUT2D eigenvalue weighted by molar-refractivity contribution is 5.47. The van der Waals surface area contributed by atoms with Crippen molar-refractivity contribution in [3.05, 3.63) is 11.9 Å². The van der Waals surface area contributed by atoms with Crippen LogP contribution in [0.4, 0.5) is 11.6 Å². The summed E-state index contributed by atoms with van der Waals surface area (Å²) in [5.41, 5.74) is 5.89. The monoisotopic (exact) mass is 262 g/mol. The van der Waals surface area contributed by atoms with E-state index in [1.54, 1.807) is 0 Å². The fourth-order valence-electron chi connectivity index (χ4n) is 2.44. The lowest BCUT2D eigenvalue weighted by atomic mass is 9.96. The molecule has 2 N–H and O–H groups in total. The minimum atomic E-state index is -0.0662.